The molecule has 0 aromatic rings. The lowest BCUT2D eigenvalue weighted by atomic mass is 9.68. The molecule has 3 atom stereocenters. The molecule has 0 saturated heterocycles. The van der Waals surface area contributed by atoms with Crippen LogP contribution >= 0.6 is 0 Å². The Labute approximate surface area is 73.7 Å². The molecule has 2 bridgehead atoms. The highest BCUT2D eigenvalue weighted by Gasteiger charge is 2.49. The summed E-state index contributed by atoms with van der Waals surface area (Å²) in [4.78, 5) is 0. The minimum absolute atomic E-state index is 0.220. The van der Waals surface area contributed by atoms with Crippen molar-refractivity contribution < 1.29 is 5.21 Å². The highest BCUT2D eigenvalue weighted by molar-refractivity contribution is 5.94. The summed E-state index contributed by atoms with van der Waals surface area (Å²) in [7, 11) is 0. The number of hydrogen-bond acceptors (Lipinski definition) is 2. The molecule has 0 aliphatic heterocycles. The molecular formula is C10H17NO. The van der Waals surface area contributed by atoms with Crippen LogP contribution < -0.4 is 0 Å². The van der Waals surface area contributed by atoms with Crippen molar-refractivity contribution in [1.29, 1.82) is 0 Å². The molecule has 2 aliphatic carbocycles. The Hall–Kier alpha value is -0.530. The summed E-state index contributed by atoms with van der Waals surface area (Å²) in [6, 6.07) is 0. The standard InChI is InChI=1S/C10H17NO/c1-7-3-4-8-5-6-10(7,2)9(8)11-12/h7-8,12H,3-6H2,1-2H3. The lowest BCUT2D eigenvalue weighted by Gasteiger charge is -2.36. The molecule has 2 fully saturated rings. The first-order valence-corrected chi connectivity index (χ1v) is 4.91. The first-order valence-electron chi connectivity index (χ1n) is 4.91. The monoisotopic (exact) mass is 167 g/mol. The van der Waals surface area contributed by atoms with Gasteiger partial charge in [0.05, 0.1) is 5.71 Å². The van der Waals surface area contributed by atoms with Gasteiger partial charge in [-0.25, -0.2) is 0 Å². The van der Waals surface area contributed by atoms with Gasteiger partial charge < -0.3 is 5.21 Å². The predicted molar refractivity (Wildman–Crippen MR) is 48.5 cm³/mol. The van der Waals surface area contributed by atoms with Gasteiger partial charge in [-0.3, -0.25) is 0 Å². The summed E-state index contributed by atoms with van der Waals surface area (Å²) < 4.78 is 0. The van der Waals surface area contributed by atoms with E-state index in [0.29, 0.717) is 11.8 Å². The second-order valence-corrected chi connectivity index (χ2v) is 4.62. The Bertz CT molecular complexity index is 222. The van der Waals surface area contributed by atoms with Crippen LogP contribution in [-0.2, 0) is 0 Å². The van der Waals surface area contributed by atoms with Crippen LogP contribution in [0.4, 0.5) is 0 Å². The maximum atomic E-state index is 8.94. The van der Waals surface area contributed by atoms with Crippen molar-refractivity contribution in [2.45, 2.75) is 39.5 Å². The van der Waals surface area contributed by atoms with E-state index in [-0.39, 0.29) is 5.41 Å². The van der Waals surface area contributed by atoms with Crippen LogP contribution in [0.1, 0.15) is 39.5 Å². The number of oxime groups is 1. The number of rotatable bonds is 0. The van der Waals surface area contributed by atoms with Crippen molar-refractivity contribution in [1.82, 2.24) is 0 Å². The van der Waals surface area contributed by atoms with E-state index in [1.165, 1.54) is 25.7 Å². The van der Waals surface area contributed by atoms with Gasteiger partial charge in [0, 0.05) is 11.3 Å². The fourth-order valence-corrected chi connectivity index (χ4v) is 2.95. The number of fused-ring (bicyclic) bond motifs is 2. The summed E-state index contributed by atoms with van der Waals surface area (Å²) in [5.41, 5.74) is 1.30. The molecule has 0 spiro atoms. The molecule has 0 heterocycles. The lowest BCUT2D eigenvalue weighted by Crippen LogP contribution is -2.36. The fourth-order valence-electron chi connectivity index (χ4n) is 2.95. The third-order valence-electron chi connectivity index (χ3n) is 4.13. The molecule has 2 rings (SSSR count). The van der Waals surface area contributed by atoms with Gasteiger partial charge >= 0.3 is 0 Å². The van der Waals surface area contributed by atoms with E-state index in [9.17, 15) is 0 Å². The van der Waals surface area contributed by atoms with E-state index in [1.54, 1.807) is 0 Å². The summed E-state index contributed by atoms with van der Waals surface area (Å²) in [5, 5.41) is 12.5. The zero-order valence-electron chi connectivity index (χ0n) is 7.88. The molecule has 0 aromatic heterocycles. The van der Waals surface area contributed by atoms with Crippen LogP contribution in [0.25, 0.3) is 0 Å². The van der Waals surface area contributed by atoms with Crippen molar-refractivity contribution in [2.75, 3.05) is 0 Å². The molecule has 2 aliphatic rings. The minimum Gasteiger partial charge on any atom is -0.411 e. The van der Waals surface area contributed by atoms with Crippen molar-refractivity contribution in [3.63, 3.8) is 0 Å². The highest BCUT2D eigenvalue weighted by atomic mass is 16.4. The second-order valence-electron chi connectivity index (χ2n) is 4.62. The van der Waals surface area contributed by atoms with E-state index in [2.05, 4.69) is 19.0 Å². The molecule has 0 aromatic carbocycles. The first kappa shape index (κ1) is 8.09. The molecule has 2 saturated carbocycles. The Balaban J connectivity index is 2.36. The average Bonchev–Trinajstić information content (AvgIpc) is 2.31. The van der Waals surface area contributed by atoms with Crippen LogP contribution in [0, 0.1) is 17.3 Å². The summed E-state index contributed by atoms with van der Waals surface area (Å²) >= 11 is 0. The largest absolute Gasteiger partial charge is 0.411 e. The maximum absolute atomic E-state index is 8.94. The van der Waals surface area contributed by atoms with Gasteiger partial charge in [0.2, 0.25) is 0 Å². The SMILES string of the molecule is CC1CCC2CCC1(C)C2=NO. The first-order chi connectivity index (χ1) is 5.68. The predicted octanol–water partition coefficient (Wildman–Crippen LogP) is 2.66. The smallest absolute Gasteiger partial charge is 0.0663 e. The van der Waals surface area contributed by atoms with Crippen LogP contribution in [0.15, 0.2) is 5.16 Å². The van der Waals surface area contributed by atoms with Crippen LogP contribution in [0.3, 0.4) is 0 Å². The zero-order valence-corrected chi connectivity index (χ0v) is 7.88. The number of hydrogen-bond donors (Lipinski definition) is 1. The van der Waals surface area contributed by atoms with E-state index in [4.69, 9.17) is 5.21 Å². The molecular weight excluding hydrogens is 150 g/mol. The molecule has 1 N–H and O–H groups in total. The van der Waals surface area contributed by atoms with Crippen molar-refractivity contribution in [3.05, 3.63) is 0 Å². The van der Waals surface area contributed by atoms with E-state index < -0.39 is 0 Å². The molecule has 3 unspecified atom stereocenters. The van der Waals surface area contributed by atoms with Crippen LogP contribution in [0.2, 0.25) is 0 Å². The Kier molecular flexibility index (Phi) is 1.67. The molecule has 0 amide bonds. The molecule has 68 valence electrons. The van der Waals surface area contributed by atoms with E-state index in [0.717, 1.165) is 5.71 Å². The molecule has 0 radical (unpaired) electrons. The maximum Gasteiger partial charge on any atom is 0.0663 e. The van der Waals surface area contributed by atoms with Gasteiger partial charge in [0.15, 0.2) is 0 Å². The van der Waals surface area contributed by atoms with Gasteiger partial charge in [-0.1, -0.05) is 19.0 Å². The second kappa shape index (κ2) is 2.48. The highest BCUT2D eigenvalue weighted by Crippen LogP contribution is 2.51. The molecule has 2 nitrogen and oxygen atoms in total. The van der Waals surface area contributed by atoms with Gasteiger partial charge in [-0.2, -0.15) is 0 Å². The van der Waals surface area contributed by atoms with Gasteiger partial charge in [-0.15, -0.1) is 0 Å². The fraction of sp³-hybridized carbons (Fsp3) is 0.900. The van der Waals surface area contributed by atoms with Crippen LogP contribution in [-0.4, -0.2) is 10.9 Å². The van der Waals surface area contributed by atoms with Crippen molar-refractivity contribution >= 4 is 5.71 Å². The topological polar surface area (TPSA) is 32.6 Å². The number of nitrogens with zero attached hydrogens (tertiary/aromatic N) is 1. The lowest BCUT2D eigenvalue weighted by molar-refractivity contribution is 0.249. The Morgan fingerprint density at radius 2 is 2.17 bits per heavy atom. The third-order valence-corrected chi connectivity index (χ3v) is 4.13. The quantitative estimate of drug-likeness (QED) is 0.436. The Morgan fingerprint density at radius 1 is 1.42 bits per heavy atom. The third kappa shape index (κ3) is 0.838. The summed E-state index contributed by atoms with van der Waals surface area (Å²) in [6.07, 6.45) is 4.99. The van der Waals surface area contributed by atoms with E-state index >= 15 is 0 Å². The van der Waals surface area contributed by atoms with Gasteiger partial charge in [-0.05, 0) is 31.6 Å². The van der Waals surface area contributed by atoms with E-state index in [1.807, 2.05) is 0 Å². The average molecular weight is 167 g/mol. The van der Waals surface area contributed by atoms with Crippen molar-refractivity contribution in [2.24, 2.45) is 22.4 Å². The van der Waals surface area contributed by atoms with Crippen molar-refractivity contribution in [3.8, 4) is 0 Å². The minimum atomic E-state index is 0.220. The summed E-state index contributed by atoms with van der Waals surface area (Å²) in [6.45, 7) is 4.54. The zero-order chi connectivity index (χ0) is 8.77. The summed E-state index contributed by atoms with van der Waals surface area (Å²) in [5.74, 6) is 1.29. The normalized spacial score (nSPS) is 50.0. The molecule has 12 heavy (non-hydrogen) atoms. The van der Waals surface area contributed by atoms with Gasteiger partial charge in [0.1, 0.15) is 0 Å². The van der Waals surface area contributed by atoms with Crippen LogP contribution in [0.5, 0.6) is 0 Å². The Morgan fingerprint density at radius 3 is 2.75 bits per heavy atom. The molecule has 2 heteroatoms. The van der Waals surface area contributed by atoms with Gasteiger partial charge in [0.25, 0.3) is 0 Å².